The van der Waals surface area contributed by atoms with E-state index >= 15 is 0 Å². The summed E-state index contributed by atoms with van der Waals surface area (Å²) in [5.41, 5.74) is 10.1. The maximum atomic E-state index is 5.79. The van der Waals surface area contributed by atoms with Crippen LogP contribution in [0.3, 0.4) is 0 Å². The first-order chi connectivity index (χ1) is 9.24. The van der Waals surface area contributed by atoms with Gasteiger partial charge in [-0.1, -0.05) is 36.8 Å². The Kier molecular flexibility index (Phi) is 4.53. The molecule has 0 bridgehead atoms. The first-order valence-electron chi connectivity index (χ1n) is 6.63. The minimum atomic E-state index is 0.459. The summed E-state index contributed by atoms with van der Waals surface area (Å²) < 4.78 is 5.64. The molecule has 1 heterocycles. The van der Waals surface area contributed by atoms with Crippen LogP contribution >= 0.6 is 0 Å². The number of aryl methyl sites for hydroxylation is 1. The van der Waals surface area contributed by atoms with E-state index in [1.807, 2.05) is 6.07 Å². The van der Waals surface area contributed by atoms with Gasteiger partial charge in [0.15, 0.2) is 0 Å². The fraction of sp³-hybridized carbons (Fsp3) is 0.312. The van der Waals surface area contributed by atoms with Crippen LogP contribution in [0.1, 0.15) is 24.5 Å². The van der Waals surface area contributed by atoms with Crippen LogP contribution in [-0.2, 0) is 6.54 Å². The predicted molar refractivity (Wildman–Crippen MR) is 78.1 cm³/mol. The molecule has 0 spiro atoms. The minimum Gasteiger partial charge on any atom is -0.492 e. The molecule has 3 heteroatoms. The zero-order valence-corrected chi connectivity index (χ0v) is 11.5. The molecule has 2 N–H and O–H groups in total. The zero-order valence-electron chi connectivity index (χ0n) is 11.5. The van der Waals surface area contributed by atoms with Crippen LogP contribution < -0.4 is 10.5 Å². The van der Waals surface area contributed by atoms with E-state index < -0.39 is 0 Å². The minimum absolute atomic E-state index is 0.459. The van der Waals surface area contributed by atoms with Crippen LogP contribution in [-0.4, -0.2) is 11.6 Å². The average Bonchev–Trinajstić information content (AvgIpc) is 2.46. The molecular weight excluding hydrogens is 236 g/mol. The zero-order chi connectivity index (χ0) is 13.7. The molecule has 0 aliphatic rings. The second kappa shape index (κ2) is 6.34. The summed E-state index contributed by atoms with van der Waals surface area (Å²) in [6.07, 6.45) is 2.75. The molecule has 0 radical (unpaired) electrons. The summed E-state index contributed by atoms with van der Waals surface area (Å²) in [7, 11) is 0. The van der Waals surface area contributed by atoms with Crippen molar-refractivity contribution in [1.29, 1.82) is 0 Å². The van der Waals surface area contributed by atoms with Gasteiger partial charge in [-0.15, -0.1) is 0 Å². The molecule has 3 nitrogen and oxygen atoms in total. The Morgan fingerprint density at radius 3 is 2.58 bits per heavy atom. The van der Waals surface area contributed by atoms with Crippen LogP contribution in [0.15, 0.2) is 36.5 Å². The van der Waals surface area contributed by atoms with Crippen LogP contribution in [0, 0.1) is 6.92 Å². The van der Waals surface area contributed by atoms with Crippen LogP contribution in [0.2, 0.25) is 0 Å². The summed E-state index contributed by atoms with van der Waals surface area (Å²) in [5.74, 6) is 0.792. The van der Waals surface area contributed by atoms with Gasteiger partial charge < -0.3 is 10.5 Å². The lowest BCUT2D eigenvalue weighted by Crippen LogP contribution is -2.04. The molecule has 0 amide bonds. The van der Waals surface area contributed by atoms with E-state index in [9.17, 15) is 0 Å². The summed E-state index contributed by atoms with van der Waals surface area (Å²) in [6.45, 7) is 5.30. The van der Waals surface area contributed by atoms with E-state index in [1.54, 1.807) is 6.20 Å². The Morgan fingerprint density at radius 1 is 1.21 bits per heavy atom. The molecule has 0 saturated heterocycles. The van der Waals surface area contributed by atoms with Crippen LogP contribution in [0.25, 0.3) is 11.3 Å². The molecule has 19 heavy (non-hydrogen) atoms. The van der Waals surface area contributed by atoms with E-state index in [-0.39, 0.29) is 0 Å². The molecule has 0 fully saturated rings. The van der Waals surface area contributed by atoms with Crippen molar-refractivity contribution in [1.82, 2.24) is 4.98 Å². The second-order valence-corrected chi connectivity index (χ2v) is 4.60. The summed E-state index contributed by atoms with van der Waals surface area (Å²) in [6, 6.07) is 10.3. The number of benzene rings is 1. The molecule has 100 valence electrons. The molecule has 0 aliphatic heterocycles. The molecule has 1 aromatic carbocycles. The maximum Gasteiger partial charge on any atom is 0.142 e. The highest BCUT2D eigenvalue weighted by Crippen LogP contribution is 2.24. The van der Waals surface area contributed by atoms with Crippen molar-refractivity contribution in [2.24, 2.45) is 5.73 Å². The van der Waals surface area contributed by atoms with E-state index in [0.29, 0.717) is 13.2 Å². The van der Waals surface area contributed by atoms with Crippen molar-refractivity contribution in [2.45, 2.75) is 26.8 Å². The Morgan fingerprint density at radius 2 is 1.95 bits per heavy atom. The smallest absolute Gasteiger partial charge is 0.142 e. The van der Waals surface area contributed by atoms with Gasteiger partial charge in [0.05, 0.1) is 18.5 Å². The summed E-state index contributed by atoms with van der Waals surface area (Å²) >= 11 is 0. The third-order valence-corrected chi connectivity index (χ3v) is 2.98. The third-order valence-electron chi connectivity index (χ3n) is 2.98. The lowest BCUT2D eigenvalue weighted by Gasteiger charge is -2.11. The number of hydrogen-bond acceptors (Lipinski definition) is 3. The van der Waals surface area contributed by atoms with Gasteiger partial charge in [-0.3, -0.25) is 4.98 Å². The standard InChI is InChI=1S/C16H20N2O/c1-3-8-19-16-11-18-15(9-14(16)10-17)13-6-4-12(2)5-7-13/h4-7,9,11H,3,8,10,17H2,1-2H3. The number of nitrogens with two attached hydrogens (primary N) is 1. The van der Waals surface area contributed by atoms with Gasteiger partial charge in [0.1, 0.15) is 5.75 Å². The third kappa shape index (κ3) is 3.32. The Labute approximate surface area is 114 Å². The van der Waals surface area contributed by atoms with Gasteiger partial charge in [0, 0.05) is 17.7 Å². The molecule has 2 aromatic rings. The number of nitrogens with zero attached hydrogens (tertiary/aromatic N) is 1. The van der Waals surface area contributed by atoms with E-state index in [2.05, 4.69) is 43.1 Å². The topological polar surface area (TPSA) is 48.1 Å². The van der Waals surface area contributed by atoms with Crippen molar-refractivity contribution >= 4 is 0 Å². The highest BCUT2D eigenvalue weighted by Gasteiger charge is 2.06. The number of ether oxygens (including phenoxy) is 1. The second-order valence-electron chi connectivity index (χ2n) is 4.60. The molecule has 0 aliphatic carbocycles. The summed E-state index contributed by atoms with van der Waals surface area (Å²) in [5, 5.41) is 0. The van der Waals surface area contributed by atoms with Crippen molar-refractivity contribution < 1.29 is 4.74 Å². The normalized spacial score (nSPS) is 10.5. The highest BCUT2D eigenvalue weighted by molar-refractivity contribution is 5.61. The molecule has 2 rings (SSSR count). The highest BCUT2D eigenvalue weighted by atomic mass is 16.5. The Balaban J connectivity index is 2.30. The number of rotatable bonds is 5. The molecule has 0 saturated carbocycles. The van der Waals surface area contributed by atoms with E-state index in [0.717, 1.165) is 29.0 Å². The Hall–Kier alpha value is -1.87. The van der Waals surface area contributed by atoms with Crippen molar-refractivity contribution in [3.63, 3.8) is 0 Å². The van der Waals surface area contributed by atoms with E-state index in [1.165, 1.54) is 5.56 Å². The van der Waals surface area contributed by atoms with Gasteiger partial charge in [-0.05, 0) is 19.4 Å². The first-order valence-corrected chi connectivity index (χ1v) is 6.63. The van der Waals surface area contributed by atoms with Crippen molar-refractivity contribution in [3.05, 3.63) is 47.7 Å². The van der Waals surface area contributed by atoms with Gasteiger partial charge in [-0.2, -0.15) is 0 Å². The van der Waals surface area contributed by atoms with Gasteiger partial charge >= 0.3 is 0 Å². The van der Waals surface area contributed by atoms with Gasteiger partial charge in [0.25, 0.3) is 0 Å². The van der Waals surface area contributed by atoms with Gasteiger partial charge in [0.2, 0.25) is 0 Å². The molecular formula is C16H20N2O. The number of aromatic nitrogens is 1. The first kappa shape index (κ1) is 13.6. The SMILES string of the molecule is CCCOc1cnc(-c2ccc(C)cc2)cc1CN. The predicted octanol–water partition coefficient (Wildman–Crippen LogP) is 3.30. The fourth-order valence-electron chi connectivity index (χ4n) is 1.87. The average molecular weight is 256 g/mol. The quantitative estimate of drug-likeness (QED) is 0.892. The maximum absolute atomic E-state index is 5.79. The number of pyridine rings is 1. The lowest BCUT2D eigenvalue weighted by atomic mass is 10.1. The van der Waals surface area contributed by atoms with Gasteiger partial charge in [-0.25, -0.2) is 0 Å². The Bertz CT molecular complexity index is 535. The van der Waals surface area contributed by atoms with Crippen molar-refractivity contribution in [3.8, 4) is 17.0 Å². The monoisotopic (exact) mass is 256 g/mol. The van der Waals surface area contributed by atoms with Crippen LogP contribution in [0.5, 0.6) is 5.75 Å². The van der Waals surface area contributed by atoms with Crippen LogP contribution in [0.4, 0.5) is 0 Å². The fourth-order valence-corrected chi connectivity index (χ4v) is 1.87. The summed E-state index contributed by atoms with van der Waals surface area (Å²) in [4.78, 5) is 4.46. The molecule has 0 atom stereocenters. The lowest BCUT2D eigenvalue weighted by molar-refractivity contribution is 0.313. The number of hydrogen-bond donors (Lipinski definition) is 1. The molecule has 1 aromatic heterocycles. The van der Waals surface area contributed by atoms with Crippen molar-refractivity contribution in [2.75, 3.05) is 6.61 Å². The molecule has 0 unspecified atom stereocenters. The van der Waals surface area contributed by atoms with E-state index in [4.69, 9.17) is 10.5 Å². The largest absolute Gasteiger partial charge is 0.492 e.